The van der Waals surface area contributed by atoms with E-state index in [9.17, 15) is 9.90 Å². The summed E-state index contributed by atoms with van der Waals surface area (Å²) in [5, 5.41) is 15.7. The molecule has 0 atom stereocenters. The lowest BCUT2D eigenvalue weighted by atomic mass is 10.2. The molecule has 5 heteroatoms. The number of aromatic hydroxyl groups is 1. The second-order valence-electron chi connectivity index (χ2n) is 3.78. The molecule has 1 amide bonds. The van der Waals surface area contributed by atoms with E-state index in [4.69, 9.17) is 4.52 Å². The van der Waals surface area contributed by atoms with Crippen molar-refractivity contribution >= 4 is 11.6 Å². The van der Waals surface area contributed by atoms with Gasteiger partial charge in [-0.15, -0.1) is 0 Å². The topological polar surface area (TPSA) is 75.4 Å². The molecule has 1 aromatic carbocycles. The Morgan fingerprint density at radius 2 is 2.12 bits per heavy atom. The Bertz CT molecular complexity index is 561. The SMILES string of the molecule is Cc1cc(C(=O)Nc2ccc(C)c(O)c2)no1. The number of hydrogen-bond donors (Lipinski definition) is 2. The lowest BCUT2D eigenvalue weighted by Gasteiger charge is -2.04. The van der Waals surface area contributed by atoms with E-state index in [1.807, 2.05) is 0 Å². The van der Waals surface area contributed by atoms with Gasteiger partial charge in [0.25, 0.3) is 5.91 Å². The predicted octanol–water partition coefficient (Wildman–Crippen LogP) is 2.25. The van der Waals surface area contributed by atoms with Crippen LogP contribution in [-0.2, 0) is 0 Å². The number of hydrogen-bond acceptors (Lipinski definition) is 4. The molecule has 17 heavy (non-hydrogen) atoms. The standard InChI is InChI=1S/C12H12N2O3/c1-7-3-4-9(6-11(7)15)13-12(16)10-5-8(2)17-14-10/h3-6,15H,1-2H3,(H,13,16). The number of nitrogens with one attached hydrogen (secondary N) is 1. The minimum Gasteiger partial charge on any atom is -0.508 e. The van der Waals surface area contributed by atoms with Crippen LogP contribution in [0.2, 0.25) is 0 Å². The van der Waals surface area contributed by atoms with Crippen LogP contribution in [0.5, 0.6) is 5.75 Å². The summed E-state index contributed by atoms with van der Waals surface area (Å²) in [4.78, 5) is 11.7. The van der Waals surface area contributed by atoms with Gasteiger partial charge in [0.2, 0.25) is 0 Å². The monoisotopic (exact) mass is 232 g/mol. The summed E-state index contributed by atoms with van der Waals surface area (Å²) >= 11 is 0. The van der Waals surface area contributed by atoms with Crippen LogP contribution in [0.15, 0.2) is 28.8 Å². The number of aromatic nitrogens is 1. The predicted molar refractivity (Wildman–Crippen MR) is 62.0 cm³/mol. The van der Waals surface area contributed by atoms with E-state index in [-0.39, 0.29) is 17.4 Å². The molecule has 0 spiro atoms. The Kier molecular flexibility index (Phi) is 2.82. The highest BCUT2D eigenvalue weighted by Gasteiger charge is 2.11. The van der Waals surface area contributed by atoms with E-state index >= 15 is 0 Å². The van der Waals surface area contributed by atoms with Gasteiger partial charge >= 0.3 is 0 Å². The smallest absolute Gasteiger partial charge is 0.277 e. The summed E-state index contributed by atoms with van der Waals surface area (Å²) in [6.45, 7) is 3.49. The van der Waals surface area contributed by atoms with Gasteiger partial charge in [0.15, 0.2) is 5.69 Å². The quantitative estimate of drug-likeness (QED) is 0.832. The molecule has 2 rings (SSSR count). The third kappa shape index (κ3) is 2.44. The number of nitrogens with zero attached hydrogens (tertiary/aromatic N) is 1. The normalized spacial score (nSPS) is 10.2. The molecule has 0 unspecified atom stereocenters. The fraction of sp³-hybridized carbons (Fsp3) is 0.167. The van der Waals surface area contributed by atoms with E-state index < -0.39 is 0 Å². The maximum Gasteiger partial charge on any atom is 0.277 e. The largest absolute Gasteiger partial charge is 0.508 e. The van der Waals surface area contributed by atoms with E-state index in [0.29, 0.717) is 11.4 Å². The lowest BCUT2D eigenvalue weighted by molar-refractivity contribution is 0.101. The molecule has 0 aliphatic carbocycles. The summed E-state index contributed by atoms with van der Waals surface area (Å²) in [7, 11) is 0. The number of carbonyl (C=O) groups is 1. The van der Waals surface area contributed by atoms with Gasteiger partial charge < -0.3 is 14.9 Å². The second kappa shape index (κ2) is 4.29. The zero-order chi connectivity index (χ0) is 12.4. The first kappa shape index (κ1) is 11.2. The maximum atomic E-state index is 11.7. The molecular weight excluding hydrogens is 220 g/mol. The molecule has 1 aromatic heterocycles. The Balaban J connectivity index is 2.15. The Morgan fingerprint density at radius 3 is 2.71 bits per heavy atom. The number of aryl methyl sites for hydroxylation is 2. The summed E-state index contributed by atoms with van der Waals surface area (Å²) in [5.74, 6) is 0.339. The molecule has 0 fully saturated rings. The zero-order valence-electron chi connectivity index (χ0n) is 9.52. The molecule has 2 aromatic rings. The number of carbonyl (C=O) groups excluding carboxylic acids is 1. The average molecular weight is 232 g/mol. The van der Waals surface area contributed by atoms with Gasteiger partial charge in [-0.25, -0.2) is 0 Å². The van der Waals surface area contributed by atoms with E-state index in [0.717, 1.165) is 5.56 Å². The molecule has 1 heterocycles. The molecule has 2 N–H and O–H groups in total. The van der Waals surface area contributed by atoms with Crippen molar-refractivity contribution in [3.05, 3.63) is 41.3 Å². The van der Waals surface area contributed by atoms with E-state index in [1.54, 1.807) is 32.0 Å². The minimum absolute atomic E-state index is 0.138. The van der Waals surface area contributed by atoms with Crippen molar-refractivity contribution in [1.82, 2.24) is 5.16 Å². The molecule has 5 nitrogen and oxygen atoms in total. The van der Waals surface area contributed by atoms with E-state index in [2.05, 4.69) is 10.5 Å². The number of benzene rings is 1. The Hall–Kier alpha value is -2.30. The van der Waals surface area contributed by atoms with Crippen LogP contribution in [-0.4, -0.2) is 16.2 Å². The molecule has 0 aliphatic heterocycles. The van der Waals surface area contributed by atoms with Crippen molar-refractivity contribution in [2.75, 3.05) is 5.32 Å². The first-order chi connectivity index (χ1) is 8.06. The van der Waals surface area contributed by atoms with Crippen molar-refractivity contribution in [2.24, 2.45) is 0 Å². The first-order valence-corrected chi connectivity index (χ1v) is 5.10. The molecule has 0 saturated carbocycles. The fourth-order valence-electron chi connectivity index (χ4n) is 1.36. The van der Waals surface area contributed by atoms with Crippen molar-refractivity contribution in [3.63, 3.8) is 0 Å². The molecule has 0 bridgehead atoms. The van der Waals surface area contributed by atoms with Gasteiger partial charge in [0, 0.05) is 17.8 Å². The average Bonchev–Trinajstić information content (AvgIpc) is 2.70. The van der Waals surface area contributed by atoms with Crippen LogP contribution in [0.4, 0.5) is 5.69 Å². The number of amides is 1. The Morgan fingerprint density at radius 1 is 1.35 bits per heavy atom. The first-order valence-electron chi connectivity index (χ1n) is 5.10. The van der Waals surface area contributed by atoms with Gasteiger partial charge in [0.1, 0.15) is 11.5 Å². The number of rotatable bonds is 2. The minimum atomic E-state index is -0.370. The van der Waals surface area contributed by atoms with Crippen LogP contribution in [0, 0.1) is 13.8 Å². The van der Waals surface area contributed by atoms with Crippen molar-refractivity contribution in [2.45, 2.75) is 13.8 Å². The van der Waals surface area contributed by atoms with Crippen LogP contribution in [0.25, 0.3) is 0 Å². The molecule has 88 valence electrons. The zero-order valence-corrected chi connectivity index (χ0v) is 9.52. The summed E-state index contributed by atoms with van der Waals surface area (Å²) in [6.07, 6.45) is 0. The van der Waals surface area contributed by atoms with E-state index in [1.165, 1.54) is 6.07 Å². The summed E-state index contributed by atoms with van der Waals surface area (Å²) in [5.41, 5.74) is 1.47. The van der Waals surface area contributed by atoms with Crippen LogP contribution < -0.4 is 5.32 Å². The highest BCUT2D eigenvalue weighted by Crippen LogP contribution is 2.21. The van der Waals surface area contributed by atoms with Crippen LogP contribution in [0.3, 0.4) is 0 Å². The third-order valence-corrected chi connectivity index (χ3v) is 2.33. The van der Waals surface area contributed by atoms with Crippen LogP contribution in [0.1, 0.15) is 21.8 Å². The maximum absolute atomic E-state index is 11.7. The molecule has 0 radical (unpaired) electrons. The van der Waals surface area contributed by atoms with Crippen molar-refractivity contribution in [3.8, 4) is 5.75 Å². The van der Waals surface area contributed by atoms with Gasteiger partial charge in [-0.05, 0) is 25.5 Å². The summed E-state index contributed by atoms with van der Waals surface area (Å²) in [6, 6.07) is 6.46. The second-order valence-corrected chi connectivity index (χ2v) is 3.78. The van der Waals surface area contributed by atoms with Gasteiger partial charge in [-0.2, -0.15) is 0 Å². The lowest BCUT2D eigenvalue weighted by Crippen LogP contribution is -2.12. The summed E-state index contributed by atoms with van der Waals surface area (Å²) < 4.78 is 4.81. The highest BCUT2D eigenvalue weighted by atomic mass is 16.5. The van der Waals surface area contributed by atoms with Gasteiger partial charge in [0.05, 0.1) is 0 Å². The molecule has 0 aliphatic rings. The fourth-order valence-corrected chi connectivity index (χ4v) is 1.36. The molecular formula is C12H12N2O3. The Labute approximate surface area is 98.1 Å². The van der Waals surface area contributed by atoms with Gasteiger partial charge in [-0.3, -0.25) is 4.79 Å². The highest BCUT2D eigenvalue weighted by molar-refractivity contribution is 6.02. The third-order valence-electron chi connectivity index (χ3n) is 2.33. The van der Waals surface area contributed by atoms with Gasteiger partial charge in [-0.1, -0.05) is 11.2 Å². The number of phenols is 1. The number of anilines is 1. The van der Waals surface area contributed by atoms with Crippen molar-refractivity contribution < 1.29 is 14.4 Å². The number of phenolic OH excluding ortho intramolecular Hbond substituents is 1. The van der Waals surface area contributed by atoms with Crippen LogP contribution >= 0.6 is 0 Å². The van der Waals surface area contributed by atoms with Crippen molar-refractivity contribution in [1.29, 1.82) is 0 Å². The molecule has 0 saturated heterocycles.